The van der Waals surface area contributed by atoms with E-state index in [-0.39, 0.29) is 0 Å². The van der Waals surface area contributed by atoms with Gasteiger partial charge in [0.25, 0.3) is 0 Å². The fraction of sp³-hybridized carbons (Fsp3) is 0. The third kappa shape index (κ3) is 4.22. The maximum atomic E-state index is 10.1. The Labute approximate surface area is 213 Å². The van der Waals surface area contributed by atoms with Crippen molar-refractivity contribution in [1.29, 1.82) is 5.26 Å². The van der Waals surface area contributed by atoms with Crippen LogP contribution >= 0.6 is 11.3 Å². The first-order valence-electron chi connectivity index (χ1n) is 11.6. The van der Waals surface area contributed by atoms with Crippen LogP contribution in [0.2, 0.25) is 0 Å². The summed E-state index contributed by atoms with van der Waals surface area (Å²) in [5.74, 6) is 0. The lowest BCUT2D eigenvalue weighted by molar-refractivity contribution is 0.884. The number of rotatable bonds is 5. The highest BCUT2D eigenvalue weighted by atomic mass is 32.1. The van der Waals surface area contributed by atoms with Crippen LogP contribution in [-0.4, -0.2) is 14.8 Å². The van der Waals surface area contributed by atoms with Gasteiger partial charge >= 0.3 is 0 Å². The minimum atomic E-state index is 0.511. The summed E-state index contributed by atoms with van der Waals surface area (Å²) in [5.41, 5.74) is 6.05. The van der Waals surface area contributed by atoms with Crippen molar-refractivity contribution in [2.24, 2.45) is 0 Å². The molecule has 0 aliphatic heterocycles. The number of hydrogen-bond donors (Lipinski definition) is 0. The van der Waals surface area contributed by atoms with Crippen molar-refractivity contribution < 1.29 is 0 Å². The maximum absolute atomic E-state index is 10.1. The van der Waals surface area contributed by atoms with Crippen LogP contribution in [0.4, 0.5) is 0 Å². The molecule has 36 heavy (non-hydrogen) atoms. The molecule has 4 nitrogen and oxygen atoms in total. The van der Waals surface area contributed by atoms with Crippen LogP contribution in [0.25, 0.3) is 50.6 Å². The molecular formula is C31H20N4S. The van der Waals surface area contributed by atoms with Gasteiger partial charge in [-0.3, -0.25) is 0 Å². The first-order chi connectivity index (χ1) is 17.8. The third-order valence-corrected chi connectivity index (χ3v) is 6.89. The average Bonchev–Trinajstić information content (AvgIpc) is 3.60. The summed E-state index contributed by atoms with van der Waals surface area (Å²) in [7, 11) is 0. The Balaban J connectivity index is 1.41. The van der Waals surface area contributed by atoms with Crippen LogP contribution in [-0.2, 0) is 0 Å². The van der Waals surface area contributed by atoms with Crippen LogP contribution in [0.1, 0.15) is 10.6 Å². The summed E-state index contributed by atoms with van der Waals surface area (Å²) >= 11 is 1.48. The number of allylic oxidation sites excluding steroid dienone is 1. The molecule has 0 amide bonds. The molecule has 4 aromatic carbocycles. The molecule has 2 aromatic heterocycles. The number of hydrogen-bond acceptors (Lipinski definition) is 4. The Morgan fingerprint density at radius 2 is 1.53 bits per heavy atom. The fourth-order valence-electron chi connectivity index (χ4n) is 4.20. The van der Waals surface area contributed by atoms with Gasteiger partial charge < -0.3 is 0 Å². The Kier molecular flexibility index (Phi) is 5.71. The quantitative estimate of drug-likeness (QED) is 0.236. The molecule has 0 bridgehead atoms. The van der Waals surface area contributed by atoms with Gasteiger partial charge in [0.15, 0.2) is 0 Å². The highest BCUT2D eigenvalue weighted by Crippen LogP contribution is 2.31. The second kappa shape index (κ2) is 9.46. The van der Waals surface area contributed by atoms with Crippen molar-refractivity contribution in [3.63, 3.8) is 0 Å². The monoisotopic (exact) mass is 480 g/mol. The largest absolute Gasteiger partial charge is 0.240 e. The van der Waals surface area contributed by atoms with E-state index in [0.717, 1.165) is 33.8 Å². The molecule has 170 valence electrons. The molecule has 6 aromatic rings. The standard InChI is InChI=1S/C31H20N4S/c32-19-26(31-33-29(21-36-31)25-16-15-22-9-7-8-12-24(22)17-25)18-27-20-35(28-13-5-2-6-14-28)34-30(27)23-10-3-1-4-11-23/h1-18,20-21H. The molecular weight excluding hydrogens is 460 g/mol. The van der Waals surface area contributed by atoms with Gasteiger partial charge in [0.2, 0.25) is 0 Å². The SMILES string of the molecule is N#CC(=Cc1cn(-c2ccccc2)nc1-c1ccccc1)c1nc(-c2ccc3ccccc3c2)cs1. The maximum Gasteiger partial charge on any atom is 0.134 e. The molecule has 0 aliphatic carbocycles. The summed E-state index contributed by atoms with van der Waals surface area (Å²) in [5, 5.41) is 20.0. The molecule has 0 unspecified atom stereocenters. The minimum absolute atomic E-state index is 0.511. The van der Waals surface area contributed by atoms with Crippen molar-refractivity contribution in [1.82, 2.24) is 14.8 Å². The number of thiazole rings is 1. The van der Waals surface area contributed by atoms with Crippen LogP contribution in [0, 0.1) is 11.3 Å². The molecule has 0 N–H and O–H groups in total. The molecule has 0 saturated carbocycles. The summed E-state index contributed by atoms with van der Waals surface area (Å²) in [4.78, 5) is 4.82. The van der Waals surface area contributed by atoms with Gasteiger partial charge in [-0.25, -0.2) is 9.67 Å². The van der Waals surface area contributed by atoms with E-state index in [4.69, 9.17) is 10.1 Å². The fourth-order valence-corrected chi connectivity index (χ4v) is 5.00. The van der Waals surface area contributed by atoms with E-state index in [1.165, 1.54) is 22.1 Å². The third-order valence-electron chi connectivity index (χ3n) is 6.01. The van der Waals surface area contributed by atoms with E-state index < -0.39 is 0 Å². The molecule has 2 heterocycles. The number of aromatic nitrogens is 3. The Morgan fingerprint density at radius 3 is 2.31 bits per heavy atom. The van der Waals surface area contributed by atoms with Gasteiger partial charge in [-0.1, -0.05) is 84.9 Å². The van der Waals surface area contributed by atoms with Crippen LogP contribution in [0.3, 0.4) is 0 Å². The second-order valence-electron chi connectivity index (χ2n) is 8.35. The first kappa shape index (κ1) is 21.7. The van der Waals surface area contributed by atoms with Gasteiger partial charge in [0.05, 0.1) is 22.6 Å². The minimum Gasteiger partial charge on any atom is -0.240 e. The van der Waals surface area contributed by atoms with Crippen molar-refractivity contribution in [2.75, 3.05) is 0 Å². The number of nitrogens with zero attached hydrogens (tertiary/aromatic N) is 4. The predicted molar refractivity (Wildman–Crippen MR) is 148 cm³/mol. The Morgan fingerprint density at radius 1 is 0.806 bits per heavy atom. The average molecular weight is 481 g/mol. The highest BCUT2D eigenvalue weighted by molar-refractivity contribution is 7.11. The number of fused-ring (bicyclic) bond motifs is 1. The van der Waals surface area contributed by atoms with Crippen molar-refractivity contribution in [3.8, 4) is 34.3 Å². The van der Waals surface area contributed by atoms with E-state index in [9.17, 15) is 5.26 Å². The summed E-state index contributed by atoms with van der Waals surface area (Å²) in [6, 6.07) is 37.0. The molecule has 0 fully saturated rings. The summed E-state index contributed by atoms with van der Waals surface area (Å²) in [6.07, 6.45) is 3.85. The van der Waals surface area contributed by atoms with Crippen LogP contribution in [0.5, 0.6) is 0 Å². The van der Waals surface area contributed by atoms with E-state index >= 15 is 0 Å². The molecule has 6 rings (SSSR count). The molecule has 0 saturated heterocycles. The van der Waals surface area contributed by atoms with Gasteiger partial charge in [0, 0.05) is 28.3 Å². The Hall–Kier alpha value is -4.79. The topological polar surface area (TPSA) is 54.5 Å². The lowest BCUT2D eigenvalue weighted by Crippen LogP contribution is -1.93. The van der Waals surface area contributed by atoms with E-state index in [1.807, 2.05) is 95.1 Å². The lowest BCUT2D eigenvalue weighted by Gasteiger charge is -2.01. The van der Waals surface area contributed by atoms with Crippen LogP contribution in [0.15, 0.2) is 115 Å². The zero-order chi connectivity index (χ0) is 24.3. The van der Waals surface area contributed by atoms with Crippen molar-refractivity contribution in [3.05, 3.63) is 125 Å². The van der Waals surface area contributed by atoms with Gasteiger partial charge in [-0.05, 0) is 35.0 Å². The smallest absolute Gasteiger partial charge is 0.134 e. The molecule has 0 radical (unpaired) electrons. The summed E-state index contributed by atoms with van der Waals surface area (Å²) in [6.45, 7) is 0. The molecule has 0 spiro atoms. The zero-order valence-corrected chi connectivity index (χ0v) is 20.1. The van der Waals surface area contributed by atoms with E-state index in [0.29, 0.717) is 10.6 Å². The Bertz CT molecular complexity index is 1740. The van der Waals surface area contributed by atoms with Gasteiger partial charge in [-0.2, -0.15) is 10.4 Å². The van der Waals surface area contributed by atoms with Crippen molar-refractivity contribution in [2.45, 2.75) is 0 Å². The highest BCUT2D eigenvalue weighted by Gasteiger charge is 2.15. The molecule has 0 atom stereocenters. The van der Waals surface area contributed by atoms with Gasteiger partial charge in [0.1, 0.15) is 11.1 Å². The second-order valence-corrected chi connectivity index (χ2v) is 9.21. The first-order valence-corrected chi connectivity index (χ1v) is 12.4. The van der Waals surface area contributed by atoms with Gasteiger partial charge in [-0.15, -0.1) is 11.3 Å². The number of benzene rings is 4. The number of nitriles is 1. The van der Waals surface area contributed by atoms with E-state index in [2.05, 4.69) is 36.4 Å². The van der Waals surface area contributed by atoms with Crippen LogP contribution < -0.4 is 0 Å². The van der Waals surface area contributed by atoms with Crippen molar-refractivity contribution >= 4 is 33.8 Å². The lowest BCUT2D eigenvalue weighted by atomic mass is 10.1. The molecule has 5 heteroatoms. The number of para-hydroxylation sites is 1. The summed E-state index contributed by atoms with van der Waals surface area (Å²) < 4.78 is 1.85. The van der Waals surface area contributed by atoms with E-state index in [1.54, 1.807) is 0 Å². The normalized spacial score (nSPS) is 11.5. The predicted octanol–water partition coefficient (Wildman–Crippen LogP) is 7.88. The molecule has 0 aliphatic rings. The zero-order valence-electron chi connectivity index (χ0n) is 19.2.